The molecule has 2 aromatic carbocycles. The zero-order valence-electron chi connectivity index (χ0n) is 12.9. The van der Waals surface area contributed by atoms with Gasteiger partial charge >= 0.3 is 0 Å². The zero-order chi connectivity index (χ0) is 16.7. The fourth-order valence-electron chi connectivity index (χ4n) is 2.12. The van der Waals surface area contributed by atoms with Crippen molar-refractivity contribution < 1.29 is 13.9 Å². The van der Waals surface area contributed by atoms with Gasteiger partial charge in [-0.15, -0.1) is 0 Å². The van der Waals surface area contributed by atoms with Crippen LogP contribution in [-0.4, -0.2) is 19.1 Å². The first-order valence-electron chi connectivity index (χ1n) is 7.47. The van der Waals surface area contributed by atoms with E-state index in [0.717, 1.165) is 5.56 Å². The molecule has 0 unspecified atom stereocenters. The van der Waals surface area contributed by atoms with Gasteiger partial charge in [-0.2, -0.15) is 0 Å². The molecule has 0 heterocycles. The van der Waals surface area contributed by atoms with Crippen LogP contribution in [0.3, 0.4) is 0 Å². The average Bonchev–Trinajstić information content (AvgIpc) is 2.57. The quantitative estimate of drug-likeness (QED) is 0.719. The van der Waals surface area contributed by atoms with Gasteiger partial charge in [0.05, 0.1) is 11.7 Å². The molecule has 0 aliphatic carbocycles. The van der Waals surface area contributed by atoms with Gasteiger partial charge in [0.25, 0.3) is 5.91 Å². The Bertz CT molecular complexity index is 649. The summed E-state index contributed by atoms with van der Waals surface area (Å²) in [4.78, 5) is 11.9. The van der Waals surface area contributed by atoms with Gasteiger partial charge in [0, 0.05) is 17.6 Å². The van der Waals surface area contributed by atoms with Gasteiger partial charge in [0.2, 0.25) is 0 Å². The van der Waals surface area contributed by atoms with E-state index in [4.69, 9.17) is 4.74 Å². The fraction of sp³-hybridized carbons (Fsp3) is 0.278. The molecule has 122 valence electrons. The topological polar surface area (TPSA) is 38.3 Å². The fourth-order valence-corrected chi connectivity index (χ4v) is 2.48. The van der Waals surface area contributed by atoms with Gasteiger partial charge in [0.15, 0.2) is 0 Å². The Labute approximate surface area is 144 Å². The molecule has 0 spiro atoms. The van der Waals surface area contributed by atoms with Gasteiger partial charge in [0.1, 0.15) is 5.82 Å². The Morgan fingerprint density at radius 1 is 1.26 bits per heavy atom. The maximum absolute atomic E-state index is 13.6. The highest BCUT2D eigenvalue weighted by Crippen LogP contribution is 2.16. The third-order valence-corrected chi connectivity index (χ3v) is 3.91. The van der Waals surface area contributed by atoms with Crippen molar-refractivity contribution in [2.45, 2.75) is 19.4 Å². The van der Waals surface area contributed by atoms with E-state index in [1.165, 1.54) is 12.1 Å². The lowest BCUT2D eigenvalue weighted by molar-refractivity contribution is 0.0634. The summed E-state index contributed by atoms with van der Waals surface area (Å²) < 4.78 is 20.0. The Morgan fingerprint density at radius 3 is 2.74 bits per heavy atom. The molecular formula is C18H19BrFNO2. The number of benzene rings is 2. The van der Waals surface area contributed by atoms with Crippen molar-refractivity contribution >= 4 is 21.8 Å². The van der Waals surface area contributed by atoms with Crippen LogP contribution in [0, 0.1) is 5.82 Å². The standard InChI is InChI=1S/C18H19BrFNO2/c1-13(14-6-3-2-4-7-14)23-11-5-10-21-18(22)16-12-15(19)8-9-17(16)20/h2-4,6-9,12-13H,5,10-11H2,1H3,(H,21,22)/t13-/m1/s1. The maximum Gasteiger partial charge on any atom is 0.254 e. The maximum atomic E-state index is 13.6. The van der Waals surface area contributed by atoms with E-state index in [-0.39, 0.29) is 11.7 Å². The highest BCUT2D eigenvalue weighted by molar-refractivity contribution is 9.10. The average molecular weight is 380 g/mol. The first-order valence-corrected chi connectivity index (χ1v) is 8.27. The van der Waals surface area contributed by atoms with Crippen LogP contribution in [-0.2, 0) is 4.74 Å². The van der Waals surface area contributed by atoms with Crippen LogP contribution < -0.4 is 5.32 Å². The molecule has 0 radical (unpaired) electrons. The second-order valence-electron chi connectivity index (χ2n) is 5.16. The summed E-state index contributed by atoms with van der Waals surface area (Å²) in [5.74, 6) is -0.945. The number of amides is 1. The summed E-state index contributed by atoms with van der Waals surface area (Å²) >= 11 is 3.23. The van der Waals surface area contributed by atoms with Crippen molar-refractivity contribution in [1.29, 1.82) is 0 Å². The third-order valence-electron chi connectivity index (χ3n) is 3.42. The second-order valence-corrected chi connectivity index (χ2v) is 6.07. The van der Waals surface area contributed by atoms with Crippen molar-refractivity contribution in [3.8, 4) is 0 Å². The van der Waals surface area contributed by atoms with E-state index in [1.807, 2.05) is 37.3 Å². The van der Waals surface area contributed by atoms with Crippen molar-refractivity contribution in [1.82, 2.24) is 5.32 Å². The first-order chi connectivity index (χ1) is 11.1. The molecule has 0 aliphatic rings. The molecule has 1 N–H and O–H groups in total. The molecule has 0 bridgehead atoms. The lowest BCUT2D eigenvalue weighted by atomic mass is 10.1. The highest BCUT2D eigenvalue weighted by Gasteiger charge is 2.11. The first kappa shape index (κ1) is 17.6. The molecule has 3 nitrogen and oxygen atoms in total. The van der Waals surface area contributed by atoms with Crippen molar-refractivity contribution in [2.75, 3.05) is 13.2 Å². The smallest absolute Gasteiger partial charge is 0.254 e. The molecule has 5 heteroatoms. The number of halogens is 2. The summed E-state index contributed by atoms with van der Waals surface area (Å²) in [5.41, 5.74) is 1.16. The molecule has 2 rings (SSSR count). The Kier molecular flexibility index (Phi) is 6.74. The Hall–Kier alpha value is -1.72. The van der Waals surface area contributed by atoms with Crippen LogP contribution in [0.2, 0.25) is 0 Å². The monoisotopic (exact) mass is 379 g/mol. The number of carbonyl (C=O) groups is 1. The van der Waals surface area contributed by atoms with Crippen LogP contribution in [0.5, 0.6) is 0 Å². The zero-order valence-corrected chi connectivity index (χ0v) is 14.5. The molecule has 0 saturated heterocycles. The molecule has 23 heavy (non-hydrogen) atoms. The summed E-state index contributed by atoms with van der Waals surface area (Å²) in [5, 5.41) is 2.70. The van der Waals surface area contributed by atoms with E-state index in [1.54, 1.807) is 6.07 Å². The predicted octanol–water partition coefficient (Wildman–Crippen LogP) is 4.49. The SMILES string of the molecule is C[C@@H](OCCCNC(=O)c1cc(Br)ccc1F)c1ccccc1. The summed E-state index contributed by atoms with van der Waals surface area (Å²) in [6, 6.07) is 14.2. The van der Waals surface area contributed by atoms with Gasteiger partial charge < -0.3 is 10.1 Å². The largest absolute Gasteiger partial charge is 0.374 e. The van der Waals surface area contributed by atoms with Crippen LogP contribution in [0.1, 0.15) is 35.4 Å². The lowest BCUT2D eigenvalue weighted by Gasteiger charge is -2.13. The predicted molar refractivity (Wildman–Crippen MR) is 91.9 cm³/mol. The minimum atomic E-state index is -0.528. The minimum absolute atomic E-state index is 0.00873. The van der Waals surface area contributed by atoms with Crippen LogP contribution in [0.15, 0.2) is 53.0 Å². The molecule has 1 amide bonds. The van der Waals surface area contributed by atoms with E-state index < -0.39 is 11.7 Å². The van der Waals surface area contributed by atoms with E-state index in [2.05, 4.69) is 21.2 Å². The Balaban J connectivity index is 1.71. The summed E-state index contributed by atoms with van der Waals surface area (Å²) in [6.07, 6.45) is 0.674. The molecule has 0 fully saturated rings. The van der Waals surface area contributed by atoms with Gasteiger partial charge in [-0.25, -0.2) is 4.39 Å². The lowest BCUT2D eigenvalue weighted by Crippen LogP contribution is -2.26. The van der Waals surface area contributed by atoms with Crippen LogP contribution in [0.25, 0.3) is 0 Å². The van der Waals surface area contributed by atoms with E-state index >= 15 is 0 Å². The number of hydrogen-bond donors (Lipinski definition) is 1. The van der Waals surface area contributed by atoms with Crippen molar-refractivity contribution in [3.63, 3.8) is 0 Å². The third kappa shape index (κ3) is 5.44. The van der Waals surface area contributed by atoms with Gasteiger partial charge in [-0.1, -0.05) is 46.3 Å². The minimum Gasteiger partial charge on any atom is -0.374 e. The number of hydrogen-bond acceptors (Lipinski definition) is 2. The molecule has 0 aliphatic heterocycles. The molecular weight excluding hydrogens is 361 g/mol. The number of carbonyl (C=O) groups excluding carboxylic acids is 1. The van der Waals surface area contributed by atoms with E-state index in [0.29, 0.717) is 24.0 Å². The number of ether oxygens (including phenoxy) is 1. The molecule has 1 atom stereocenters. The summed E-state index contributed by atoms with van der Waals surface area (Å²) in [7, 11) is 0. The van der Waals surface area contributed by atoms with Crippen LogP contribution >= 0.6 is 15.9 Å². The van der Waals surface area contributed by atoms with Gasteiger partial charge in [-0.3, -0.25) is 4.79 Å². The summed E-state index contributed by atoms with van der Waals surface area (Å²) in [6.45, 7) is 2.95. The van der Waals surface area contributed by atoms with Crippen molar-refractivity contribution in [3.05, 3.63) is 69.9 Å². The highest BCUT2D eigenvalue weighted by atomic mass is 79.9. The number of nitrogens with one attached hydrogen (secondary N) is 1. The normalized spacial score (nSPS) is 12.0. The molecule has 0 aromatic heterocycles. The van der Waals surface area contributed by atoms with E-state index in [9.17, 15) is 9.18 Å². The number of rotatable bonds is 7. The van der Waals surface area contributed by atoms with Crippen LogP contribution in [0.4, 0.5) is 4.39 Å². The molecule has 0 saturated carbocycles. The Morgan fingerprint density at radius 2 is 2.00 bits per heavy atom. The molecule has 2 aromatic rings. The second kappa shape index (κ2) is 8.79. The van der Waals surface area contributed by atoms with Gasteiger partial charge in [-0.05, 0) is 37.1 Å². The van der Waals surface area contributed by atoms with Crippen molar-refractivity contribution in [2.24, 2.45) is 0 Å².